The lowest BCUT2D eigenvalue weighted by Gasteiger charge is -2.20. The zero-order valence-electron chi connectivity index (χ0n) is 10.5. The molecular weight excluding hydrogens is 250 g/mol. The first-order valence-corrected chi connectivity index (χ1v) is 8.00. The highest BCUT2D eigenvalue weighted by atomic mass is 35.5. The zero-order valence-corrected chi connectivity index (χ0v) is 12.1. The van der Waals surface area contributed by atoms with Crippen molar-refractivity contribution in [2.24, 2.45) is 0 Å². The van der Waals surface area contributed by atoms with Gasteiger partial charge in [0.25, 0.3) is 0 Å². The Bertz CT molecular complexity index is 337. The van der Waals surface area contributed by atoms with Crippen LogP contribution in [0.5, 0.6) is 0 Å². The zero-order chi connectivity index (χ0) is 12.1. The summed E-state index contributed by atoms with van der Waals surface area (Å²) >= 11 is 8.35. The molecule has 0 saturated heterocycles. The molecule has 1 N–H and O–H groups in total. The lowest BCUT2D eigenvalue weighted by Crippen LogP contribution is -2.35. The average Bonchev–Trinajstić information content (AvgIpc) is 2.70. The van der Waals surface area contributed by atoms with Crippen molar-refractivity contribution in [2.75, 3.05) is 0 Å². The summed E-state index contributed by atoms with van der Waals surface area (Å²) in [4.78, 5) is 2.92. The Balaban J connectivity index is 1.83. The minimum absolute atomic E-state index is 0.322. The quantitative estimate of drug-likeness (QED) is 0.635. The number of thiophene rings is 1. The molecule has 1 aromatic rings. The minimum Gasteiger partial charge on any atom is -0.308 e. The van der Waals surface area contributed by atoms with E-state index in [0.717, 1.165) is 13.0 Å². The van der Waals surface area contributed by atoms with Crippen LogP contribution in [0.2, 0.25) is 0 Å². The fourth-order valence-corrected chi connectivity index (χ4v) is 3.71. The molecule has 0 aromatic carbocycles. The Kier molecular flexibility index (Phi) is 5.33. The van der Waals surface area contributed by atoms with Crippen molar-refractivity contribution in [3.05, 3.63) is 21.9 Å². The number of rotatable bonds is 4. The Hall–Kier alpha value is -0.0500. The van der Waals surface area contributed by atoms with Crippen molar-refractivity contribution in [1.29, 1.82) is 0 Å². The summed E-state index contributed by atoms with van der Waals surface area (Å²) in [5.74, 6) is 0. The molecule has 2 unspecified atom stereocenters. The summed E-state index contributed by atoms with van der Waals surface area (Å²) in [5.41, 5.74) is 0. The molecule has 2 atom stereocenters. The molecule has 1 fully saturated rings. The summed E-state index contributed by atoms with van der Waals surface area (Å²) in [7, 11) is 0. The van der Waals surface area contributed by atoms with Crippen LogP contribution < -0.4 is 5.32 Å². The summed E-state index contributed by atoms with van der Waals surface area (Å²) in [6.45, 7) is 3.20. The largest absolute Gasteiger partial charge is 0.308 e. The first kappa shape index (κ1) is 13.4. The van der Waals surface area contributed by atoms with Gasteiger partial charge in [-0.1, -0.05) is 26.2 Å². The number of hydrogen-bond donors (Lipinski definition) is 1. The van der Waals surface area contributed by atoms with E-state index in [2.05, 4.69) is 24.4 Å². The van der Waals surface area contributed by atoms with Gasteiger partial charge in [0, 0.05) is 27.7 Å². The van der Waals surface area contributed by atoms with Crippen LogP contribution in [-0.2, 0) is 13.0 Å². The molecule has 1 aliphatic rings. The van der Waals surface area contributed by atoms with Gasteiger partial charge in [-0.2, -0.15) is 0 Å². The van der Waals surface area contributed by atoms with Gasteiger partial charge in [-0.05, 0) is 31.4 Å². The predicted molar refractivity (Wildman–Crippen MR) is 77.1 cm³/mol. The van der Waals surface area contributed by atoms with Crippen molar-refractivity contribution in [3.8, 4) is 0 Å². The molecular formula is C14H22ClNS. The lowest BCUT2D eigenvalue weighted by atomic mass is 10.1. The van der Waals surface area contributed by atoms with Crippen LogP contribution in [0.4, 0.5) is 0 Å². The number of halogens is 1. The molecule has 96 valence electrons. The first-order valence-electron chi connectivity index (χ1n) is 6.74. The number of hydrogen-bond acceptors (Lipinski definition) is 2. The second-order valence-corrected chi connectivity index (χ2v) is 6.68. The topological polar surface area (TPSA) is 12.0 Å². The Morgan fingerprint density at radius 1 is 1.24 bits per heavy atom. The number of alkyl halides is 1. The summed E-state index contributed by atoms with van der Waals surface area (Å²) < 4.78 is 0. The molecule has 0 bridgehead atoms. The fraction of sp³-hybridized carbons (Fsp3) is 0.714. The van der Waals surface area contributed by atoms with Crippen LogP contribution in [0.3, 0.4) is 0 Å². The van der Waals surface area contributed by atoms with E-state index in [0.29, 0.717) is 11.4 Å². The highest BCUT2D eigenvalue weighted by molar-refractivity contribution is 7.11. The summed E-state index contributed by atoms with van der Waals surface area (Å²) in [6, 6.07) is 5.00. The van der Waals surface area contributed by atoms with Gasteiger partial charge in [0.1, 0.15) is 0 Å². The highest BCUT2D eigenvalue weighted by Crippen LogP contribution is 2.23. The van der Waals surface area contributed by atoms with Crippen LogP contribution >= 0.6 is 22.9 Å². The summed E-state index contributed by atoms with van der Waals surface area (Å²) in [5, 5.41) is 3.97. The van der Waals surface area contributed by atoms with E-state index in [1.807, 2.05) is 11.3 Å². The second-order valence-electron chi connectivity index (χ2n) is 4.86. The number of aryl methyl sites for hydroxylation is 1. The van der Waals surface area contributed by atoms with E-state index in [-0.39, 0.29) is 0 Å². The third-order valence-electron chi connectivity index (χ3n) is 3.54. The van der Waals surface area contributed by atoms with Gasteiger partial charge in [0.2, 0.25) is 0 Å². The third kappa shape index (κ3) is 3.97. The van der Waals surface area contributed by atoms with Gasteiger partial charge >= 0.3 is 0 Å². The van der Waals surface area contributed by atoms with E-state index >= 15 is 0 Å². The lowest BCUT2D eigenvalue weighted by molar-refractivity contribution is 0.467. The van der Waals surface area contributed by atoms with Gasteiger partial charge < -0.3 is 5.32 Å². The molecule has 0 aliphatic heterocycles. The first-order chi connectivity index (χ1) is 8.29. The van der Waals surface area contributed by atoms with E-state index in [1.54, 1.807) is 0 Å². The maximum atomic E-state index is 6.43. The summed E-state index contributed by atoms with van der Waals surface area (Å²) in [6.07, 6.45) is 7.52. The molecule has 1 heterocycles. The van der Waals surface area contributed by atoms with Crippen molar-refractivity contribution in [1.82, 2.24) is 5.32 Å². The Morgan fingerprint density at radius 2 is 2.00 bits per heavy atom. The van der Waals surface area contributed by atoms with Crippen LogP contribution in [0, 0.1) is 0 Å². The average molecular weight is 272 g/mol. The van der Waals surface area contributed by atoms with E-state index in [1.165, 1.54) is 41.9 Å². The van der Waals surface area contributed by atoms with Crippen LogP contribution in [0.1, 0.15) is 48.8 Å². The standard InChI is InChI=1S/C14H22ClNS/c1-2-11-8-9-12(17-11)10-16-14-7-5-3-4-6-13(14)15/h8-9,13-14,16H,2-7,10H2,1H3. The molecule has 3 heteroatoms. The van der Waals surface area contributed by atoms with Crippen molar-refractivity contribution in [3.63, 3.8) is 0 Å². The smallest absolute Gasteiger partial charge is 0.0489 e. The monoisotopic (exact) mass is 271 g/mol. The number of nitrogens with one attached hydrogen (secondary N) is 1. The molecule has 1 aromatic heterocycles. The fourth-order valence-electron chi connectivity index (χ4n) is 2.43. The molecule has 2 rings (SSSR count). The van der Waals surface area contributed by atoms with Crippen LogP contribution in [0.25, 0.3) is 0 Å². The molecule has 1 saturated carbocycles. The van der Waals surface area contributed by atoms with Gasteiger partial charge in [0.15, 0.2) is 0 Å². The molecule has 1 nitrogen and oxygen atoms in total. The van der Waals surface area contributed by atoms with Crippen LogP contribution in [-0.4, -0.2) is 11.4 Å². The van der Waals surface area contributed by atoms with Gasteiger partial charge in [0.05, 0.1) is 0 Å². The molecule has 0 spiro atoms. The van der Waals surface area contributed by atoms with Gasteiger partial charge in [-0.25, -0.2) is 0 Å². The predicted octanol–water partition coefficient (Wildman–Crippen LogP) is 4.34. The SMILES string of the molecule is CCc1ccc(CNC2CCCCCC2Cl)s1. The minimum atomic E-state index is 0.322. The Morgan fingerprint density at radius 3 is 2.76 bits per heavy atom. The van der Waals surface area contributed by atoms with Crippen molar-refractivity contribution in [2.45, 2.75) is 63.4 Å². The van der Waals surface area contributed by atoms with Crippen molar-refractivity contribution < 1.29 is 0 Å². The molecule has 17 heavy (non-hydrogen) atoms. The molecule has 0 radical (unpaired) electrons. The maximum absolute atomic E-state index is 6.43. The molecule has 1 aliphatic carbocycles. The van der Waals surface area contributed by atoms with Crippen LogP contribution in [0.15, 0.2) is 12.1 Å². The van der Waals surface area contributed by atoms with Crippen molar-refractivity contribution >= 4 is 22.9 Å². The highest BCUT2D eigenvalue weighted by Gasteiger charge is 2.20. The maximum Gasteiger partial charge on any atom is 0.0489 e. The molecule has 0 amide bonds. The normalized spacial score (nSPS) is 25.8. The van der Waals surface area contributed by atoms with Gasteiger partial charge in [-0.3, -0.25) is 0 Å². The van der Waals surface area contributed by atoms with E-state index in [4.69, 9.17) is 11.6 Å². The van der Waals surface area contributed by atoms with E-state index in [9.17, 15) is 0 Å². The van der Waals surface area contributed by atoms with Gasteiger partial charge in [-0.15, -0.1) is 22.9 Å². The second kappa shape index (κ2) is 6.77. The van der Waals surface area contributed by atoms with E-state index < -0.39 is 0 Å². The Labute approximate surface area is 114 Å². The third-order valence-corrected chi connectivity index (χ3v) is 5.29.